The number of hydrogen-bond donors (Lipinski definition) is 1. The molecule has 0 saturated heterocycles. The van der Waals surface area contributed by atoms with E-state index in [1.165, 1.54) is 11.1 Å². The molecule has 0 saturated carbocycles. The Morgan fingerprint density at radius 1 is 1.26 bits per heavy atom. The Bertz CT molecular complexity index is 474. The number of likely N-dealkylation sites (N-methyl/N-ethyl adjacent to an activating group) is 1. The van der Waals surface area contributed by atoms with Gasteiger partial charge in [0.15, 0.2) is 0 Å². The first-order chi connectivity index (χ1) is 9.06. The van der Waals surface area contributed by atoms with Gasteiger partial charge >= 0.3 is 0 Å². The number of nitrogens with one attached hydrogen (secondary N) is 1. The van der Waals surface area contributed by atoms with Gasteiger partial charge < -0.3 is 5.32 Å². The van der Waals surface area contributed by atoms with Gasteiger partial charge in [-0.3, -0.25) is 0 Å². The van der Waals surface area contributed by atoms with Crippen molar-refractivity contribution in [1.82, 2.24) is 5.32 Å². The van der Waals surface area contributed by atoms with E-state index in [0.29, 0.717) is 12.0 Å². The molecule has 0 heterocycles. The highest BCUT2D eigenvalue weighted by molar-refractivity contribution is 5.42. The number of allylic oxidation sites excluding steroid dienone is 1. The fourth-order valence-electron chi connectivity index (χ4n) is 1.91. The molecule has 0 aliphatic carbocycles. The number of benzene rings is 1. The maximum atomic E-state index is 3.85. The van der Waals surface area contributed by atoms with Crippen molar-refractivity contribution in [2.45, 2.75) is 39.7 Å². The Kier molecular flexibility index (Phi) is 6.39. The van der Waals surface area contributed by atoms with Crippen LogP contribution in [0.15, 0.2) is 30.9 Å². The van der Waals surface area contributed by atoms with Crippen LogP contribution in [0.25, 0.3) is 0 Å². The maximum absolute atomic E-state index is 3.85. The Morgan fingerprint density at radius 3 is 2.58 bits per heavy atom. The van der Waals surface area contributed by atoms with Crippen LogP contribution < -0.4 is 5.32 Å². The molecular formula is C18H25N. The van der Waals surface area contributed by atoms with Gasteiger partial charge in [-0.2, -0.15) is 0 Å². The fraction of sp³-hybridized carbons (Fsp3) is 0.444. The second-order valence-corrected chi connectivity index (χ2v) is 5.29. The monoisotopic (exact) mass is 255 g/mol. The molecule has 1 aromatic carbocycles. The largest absolute Gasteiger partial charge is 0.317 e. The third kappa shape index (κ3) is 5.32. The van der Waals surface area contributed by atoms with E-state index in [1.54, 1.807) is 0 Å². The Hall–Kier alpha value is -1.52. The van der Waals surface area contributed by atoms with Crippen LogP contribution in [0, 0.1) is 17.8 Å². The lowest BCUT2D eigenvalue weighted by Gasteiger charge is -2.14. The van der Waals surface area contributed by atoms with E-state index >= 15 is 0 Å². The molecule has 0 aromatic heterocycles. The Labute approximate surface area is 118 Å². The zero-order chi connectivity index (χ0) is 14.3. The van der Waals surface area contributed by atoms with Crippen molar-refractivity contribution in [3.05, 3.63) is 47.5 Å². The molecule has 1 N–H and O–H groups in total. The number of hydrogen-bond acceptors (Lipinski definition) is 1. The molecule has 1 aromatic rings. The molecule has 1 unspecified atom stereocenters. The highest BCUT2D eigenvalue weighted by Gasteiger charge is 2.06. The lowest BCUT2D eigenvalue weighted by atomic mass is 9.96. The molecule has 0 bridgehead atoms. The van der Waals surface area contributed by atoms with Crippen LogP contribution in [0.2, 0.25) is 0 Å². The van der Waals surface area contributed by atoms with Crippen LogP contribution in [0.1, 0.15) is 37.5 Å². The summed E-state index contributed by atoms with van der Waals surface area (Å²) in [6.45, 7) is 10.3. The smallest absolute Gasteiger partial charge is 0.0248 e. The predicted molar refractivity (Wildman–Crippen MR) is 84.3 cm³/mol. The summed E-state index contributed by atoms with van der Waals surface area (Å²) in [5.41, 5.74) is 3.83. The molecule has 0 aliphatic rings. The van der Waals surface area contributed by atoms with Crippen molar-refractivity contribution in [3.63, 3.8) is 0 Å². The third-order valence-corrected chi connectivity index (χ3v) is 3.09. The average Bonchev–Trinajstić information content (AvgIpc) is 2.39. The zero-order valence-electron chi connectivity index (χ0n) is 12.6. The first kappa shape index (κ1) is 15.5. The lowest BCUT2D eigenvalue weighted by molar-refractivity contribution is 0.606. The first-order valence-corrected chi connectivity index (χ1v) is 6.98. The first-order valence-electron chi connectivity index (χ1n) is 6.98. The minimum atomic E-state index is 0.409. The lowest BCUT2D eigenvalue weighted by Crippen LogP contribution is -2.24. The van der Waals surface area contributed by atoms with Crippen molar-refractivity contribution in [2.75, 3.05) is 7.05 Å². The fourth-order valence-corrected chi connectivity index (χ4v) is 1.91. The molecular weight excluding hydrogens is 230 g/mol. The SMILES string of the molecule is C=CCc1cc(C#CC(C)C)ccc1CC(C)NC. The van der Waals surface area contributed by atoms with Crippen LogP contribution in [0.3, 0.4) is 0 Å². The van der Waals surface area contributed by atoms with Gasteiger partial charge in [-0.1, -0.05) is 37.8 Å². The number of rotatable bonds is 5. The minimum Gasteiger partial charge on any atom is -0.317 e. The summed E-state index contributed by atoms with van der Waals surface area (Å²) in [6.07, 6.45) is 3.91. The van der Waals surface area contributed by atoms with Crippen LogP contribution >= 0.6 is 0 Å². The van der Waals surface area contributed by atoms with Gasteiger partial charge in [0.2, 0.25) is 0 Å². The van der Waals surface area contributed by atoms with E-state index in [0.717, 1.165) is 18.4 Å². The summed E-state index contributed by atoms with van der Waals surface area (Å²) in [6, 6.07) is 7.02. The molecule has 0 amide bonds. The summed E-state index contributed by atoms with van der Waals surface area (Å²) in [4.78, 5) is 0. The predicted octanol–water partition coefficient (Wildman–Crippen LogP) is 3.57. The van der Waals surface area contributed by atoms with Crippen LogP contribution in [0.4, 0.5) is 0 Å². The summed E-state index contributed by atoms with van der Waals surface area (Å²) >= 11 is 0. The summed E-state index contributed by atoms with van der Waals surface area (Å²) < 4.78 is 0. The van der Waals surface area contributed by atoms with E-state index in [9.17, 15) is 0 Å². The van der Waals surface area contributed by atoms with E-state index in [2.05, 4.69) is 62.7 Å². The van der Waals surface area contributed by atoms with E-state index in [4.69, 9.17) is 0 Å². The molecule has 0 spiro atoms. The topological polar surface area (TPSA) is 12.0 Å². The van der Waals surface area contributed by atoms with Crippen molar-refractivity contribution < 1.29 is 0 Å². The molecule has 0 fully saturated rings. The summed E-state index contributed by atoms with van der Waals surface area (Å²) in [5.74, 6) is 6.86. The van der Waals surface area contributed by atoms with Crippen molar-refractivity contribution in [3.8, 4) is 11.8 Å². The molecule has 1 heteroatoms. The molecule has 102 valence electrons. The molecule has 0 radical (unpaired) electrons. The Balaban J connectivity index is 3.01. The highest BCUT2D eigenvalue weighted by atomic mass is 14.8. The minimum absolute atomic E-state index is 0.409. The van der Waals surface area contributed by atoms with Gasteiger partial charge in [-0.25, -0.2) is 0 Å². The van der Waals surface area contributed by atoms with Crippen LogP contribution in [-0.4, -0.2) is 13.1 Å². The summed E-state index contributed by atoms with van der Waals surface area (Å²) in [7, 11) is 2.00. The van der Waals surface area contributed by atoms with Crippen molar-refractivity contribution in [1.29, 1.82) is 0 Å². The molecule has 1 rings (SSSR count). The average molecular weight is 255 g/mol. The molecule has 19 heavy (non-hydrogen) atoms. The van der Waals surface area contributed by atoms with Gasteiger partial charge in [0.1, 0.15) is 0 Å². The third-order valence-electron chi connectivity index (χ3n) is 3.09. The van der Waals surface area contributed by atoms with Gasteiger partial charge in [0.05, 0.1) is 0 Å². The van der Waals surface area contributed by atoms with Crippen molar-refractivity contribution in [2.24, 2.45) is 5.92 Å². The zero-order valence-corrected chi connectivity index (χ0v) is 12.6. The van der Waals surface area contributed by atoms with E-state index < -0.39 is 0 Å². The maximum Gasteiger partial charge on any atom is 0.0248 e. The van der Waals surface area contributed by atoms with E-state index in [-0.39, 0.29) is 0 Å². The second-order valence-electron chi connectivity index (χ2n) is 5.29. The molecule has 1 nitrogen and oxygen atoms in total. The van der Waals surface area contributed by atoms with Crippen molar-refractivity contribution >= 4 is 0 Å². The van der Waals surface area contributed by atoms with Gasteiger partial charge in [0.25, 0.3) is 0 Å². The standard InChI is InChI=1S/C18H25N/c1-6-7-17-13-16(9-8-14(2)3)10-11-18(17)12-15(4)19-5/h6,10-11,13-15,19H,1,7,12H2,2-5H3. The normalized spacial score (nSPS) is 11.8. The van der Waals surface area contributed by atoms with Crippen LogP contribution in [-0.2, 0) is 12.8 Å². The van der Waals surface area contributed by atoms with E-state index in [1.807, 2.05) is 13.1 Å². The molecule has 0 aliphatic heterocycles. The van der Waals surface area contributed by atoms with Gasteiger partial charge in [0, 0.05) is 17.5 Å². The highest BCUT2D eigenvalue weighted by Crippen LogP contribution is 2.15. The van der Waals surface area contributed by atoms with Crippen LogP contribution in [0.5, 0.6) is 0 Å². The van der Waals surface area contributed by atoms with Gasteiger partial charge in [-0.15, -0.1) is 6.58 Å². The van der Waals surface area contributed by atoms with Gasteiger partial charge in [-0.05, 0) is 50.1 Å². The Morgan fingerprint density at radius 2 is 2.00 bits per heavy atom. The summed E-state index contributed by atoms with van der Waals surface area (Å²) in [5, 5.41) is 3.28. The quantitative estimate of drug-likeness (QED) is 0.626. The second kappa shape index (κ2) is 7.81. The molecule has 1 atom stereocenters.